The summed E-state index contributed by atoms with van der Waals surface area (Å²) in [6.45, 7) is 4.26. The maximum absolute atomic E-state index is 11.6. The number of benzene rings is 1. The maximum atomic E-state index is 11.6. The van der Waals surface area contributed by atoms with Crippen molar-refractivity contribution in [3.8, 4) is 16.3 Å². The number of aryl methyl sites for hydroxylation is 1. The Morgan fingerprint density at radius 1 is 1.12 bits per heavy atom. The largest absolute Gasteiger partial charge is 0.423 e. The molecule has 0 bridgehead atoms. The molecule has 0 amide bonds. The standard InChI is InChI=1S/C19H24N2O2S/c1-3-5-7-9-17-20-21-19(24-17)15-11-13-16(14-12-15)23-18(22)10-8-6-4-2/h8,10-14H,3-7,9H2,1-2H3. The molecule has 128 valence electrons. The molecule has 0 atom stereocenters. The van der Waals surface area contributed by atoms with Crippen LogP contribution in [0.25, 0.3) is 10.6 Å². The van der Waals surface area contributed by atoms with E-state index in [0.717, 1.165) is 41.3 Å². The molecule has 0 unspecified atom stereocenters. The number of hydrogen-bond acceptors (Lipinski definition) is 5. The van der Waals surface area contributed by atoms with E-state index in [1.54, 1.807) is 23.5 Å². The third-order valence-corrected chi connectivity index (χ3v) is 4.52. The maximum Gasteiger partial charge on any atom is 0.335 e. The van der Waals surface area contributed by atoms with Gasteiger partial charge in [0, 0.05) is 18.1 Å². The summed E-state index contributed by atoms with van der Waals surface area (Å²) in [5.41, 5.74) is 0.996. The van der Waals surface area contributed by atoms with Crippen molar-refractivity contribution in [1.82, 2.24) is 10.2 Å². The minimum Gasteiger partial charge on any atom is -0.423 e. The number of hydrogen-bond donors (Lipinski definition) is 0. The highest BCUT2D eigenvalue weighted by molar-refractivity contribution is 7.14. The van der Waals surface area contributed by atoms with Crippen molar-refractivity contribution in [1.29, 1.82) is 0 Å². The molecular formula is C19H24N2O2S. The molecule has 1 aromatic carbocycles. The monoisotopic (exact) mass is 344 g/mol. The summed E-state index contributed by atoms with van der Waals surface area (Å²) in [7, 11) is 0. The minimum absolute atomic E-state index is 0.342. The van der Waals surface area contributed by atoms with Gasteiger partial charge in [0.25, 0.3) is 0 Å². The highest BCUT2D eigenvalue weighted by Gasteiger charge is 2.07. The topological polar surface area (TPSA) is 52.1 Å². The van der Waals surface area contributed by atoms with Gasteiger partial charge in [0.05, 0.1) is 0 Å². The van der Waals surface area contributed by atoms with E-state index in [1.165, 1.54) is 18.9 Å². The van der Waals surface area contributed by atoms with Crippen LogP contribution in [0.1, 0.15) is 51.0 Å². The molecule has 1 aromatic heterocycles. The van der Waals surface area contributed by atoms with E-state index < -0.39 is 0 Å². The first-order chi connectivity index (χ1) is 11.7. The van der Waals surface area contributed by atoms with Crippen LogP contribution in [-0.4, -0.2) is 16.2 Å². The van der Waals surface area contributed by atoms with Gasteiger partial charge in [0.1, 0.15) is 15.8 Å². The van der Waals surface area contributed by atoms with Gasteiger partial charge in [-0.15, -0.1) is 10.2 Å². The van der Waals surface area contributed by atoms with Crippen molar-refractivity contribution in [2.45, 2.75) is 52.4 Å². The van der Waals surface area contributed by atoms with Crippen LogP contribution in [0.15, 0.2) is 36.4 Å². The fourth-order valence-electron chi connectivity index (χ4n) is 2.16. The van der Waals surface area contributed by atoms with Gasteiger partial charge < -0.3 is 4.74 Å². The van der Waals surface area contributed by atoms with E-state index in [-0.39, 0.29) is 5.97 Å². The molecule has 0 radical (unpaired) electrons. The summed E-state index contributed by atoms with van der Waals surface area (Å²) in [6.07, 6.45) is 9.78. The zero-order chi connectivity index (χ0) is 17.2. The number of nitrogens with zero attached hydrogens (tertiary/aromatic N) is 2. The Labute approximate surface area is 147 Å². The number of ether oxygens (including phenoxy) is 1. The lowest BCUT2D eigenvalue weighted by molar-refractivity contribution is -0.129. The van der Waals surface area contributed by atoms with Gasteiger partial charge in [-0.2, -0.15) is 0 Å². The van der Waals surface area contributed by atoms with Crippen molar-refractivity contribution in [2.75, 3.05) is 0 Å². The number of carbonyl (C=O) groups excluding carboxylic acids is 1. The van der Waals surface area contributed by atoms with Crippen LogP contribution in [-0.2, 0) is 11.2 Å². The second kappa shape index (κ2) is 9.98. The Morgan fingerprint density at radius 3 is 2.62 bits per heavy atom. The molecule has 0 fully saturated rings. The fourth-order valence-corrected chi connectivity index (χ4v) is 3.05. The zero-order valence-electron chi connectivity index (χ0n) is 14.3. The highest BCUT2D eigenvalue weighted by Crippen LogP contribution is 2.26. The molecule has 0 N–H and O–H groups in total. The van der Waals surface area contributed by atoms with Crippen LogP contribution in [0.2, 0.25) is 0 Å². The average molecular weight is 344 g/mol. The third kappa shape index (κ3) is 5.89. The number of esters is 1. The van der Waals surface area contributed by atoms with Gasteiger partial charge in [-0.25, -0.2) is 4.79 Å². The van der Waals surface area contributed by atoms with Crippen LogP contribution in [0.4, 0.5) is 0 Å². The van der Waals surface area contributed by atoms with E-state index in [0.29, 0.717) is 5.75 Å². The van der Waals surface area contributed by atoms with Gasteiger partial charge in [-0.05, 0) is 37.1 Å². The summed E-state index contributed by atoms with van der Waals surface area (Å²) in [6, 6.07) is 7.40. The van der Waals surface area contributed by atoms with Crippen LogP contribution < -0.4 is 4.74 Å². The fraction of sp³-hybridized carbons (Fsp3) is 0.421. The lowest BCUT2D eigenvalue weighted by Crippen LogP contribution is -2.03. The number of aromatic nitrogens is 2. The van der Waals surface area contributed by atoms with Crippen LogP contribution >= 0.6 is 11.3 Å². The van der Waals surface area contributed by atoms with E-state index in [4.69, 9.17) is 4.74 Å². The molecule has 0 saturated carbocycles. The Kier molecular flexibility index (Phi) is 7.62. The predicted molar refractivity (Wildman–Crippen MR) is 98.3 cm³/mol. The number of unbranched alkanes of at least 4 members (excludes halogenated alkanes) is 3. The Hall–Kier alpha value is -2.01. The number of rotatable bonds is 9. The zero-order valence-corrected chi connectivity index (χ0v) is 15.1. The molecule has 2 aromatic rings. The quantitative estimate of drug-likeness (QED) is 0.271. The molecule has 0 aliphatic rings. The Morgan fingerprint density at radius 2 is 1.92 bits per heavy atom. The van der Waals surface area contributed by atoms with Crippen molar-refractivity contribution < 1.29 is 9.53 Å². The predicted octanol–water partition coefficient (Wildman–Crippen LogP) is 5.20. The Bertz CT molecular complexity index is 662. The molecule has 4 nitrogen and oxygen atoms in total. The lowest BCUT2D eigenvalue weighted by atomic mass is 10.2. The van der Waals surface area contributed by atoms with Crippen molar-refractivity contribution in [3.63, 3.8) is 0 Å². The summed E-state index contributed by atoms with van der Waals surface area (Å²) in [5, 5.41) is 10.5. The minimum atomic E-state index is -0.342. The summed E-state index contributed by atoms with van der Waals surface area (Å²) in [5.74, 6) is 0.197. The van der Waals surface area contributed by atoms with Crippen molar-refractivity contribution in [2.24, 2.45) is 0 Å². The molecule has 0 saturated heterocycles. The molecule has 1 heterocycles. The van der Waals surface area contributed by atoms with Gasteiger partial charge >= 0.3 is 5.97 Å². The van der Waals surface area contributed by atoms with E-state index in [9.17, 15) is 4.79 Å². The second-order valence-corrected chi connectivity index (χ2v) is 6.66. The first-order valence-corrected chi connectivity index (χ1v) is 9.35. The van der Waals surface area contributed by atoms with Crippen LogP contribution in [0.3, 0.4) is 0 Å². The molecule has 5 heteroatoms. The van der Waals surface area contributed by atoms with Crippen LogP contribution in [0.5, 0.6) is 5.75 Å². The van der Waals surface area contributed by atoms with Crippen LogP contribution in [0, 0.1) is 0 Å². The Balaban J connectivity index is 1.93. The molecular weight excluding hydrogens is 320 g/mol. The molecule has 2 rings (SSSR count). The van der Waals surface area contributed by atoms with E-state index in [1.807, 2.05) is 18.2 Å². The summed E-state index contributed by atoms with van der Waals surface area (Å²) >= 11 is 1.63. The number of allylic oxidation sites excluding steroid dienone is 1. The van der Waals surface area contributed by atoms with Crippen molar-refractivity contribution in [3.05, 3.63) is 41.4 Å². The first kappa shape index (κ1) is 18.3. The molecule has 0 aliphatic heterocycles. The first-order valence-electron chi connectivity index (χ1n) is 8.54. The van der Waals surface area contributed by atoms with E-state index >= 15 is 0 Å². The molecule has 0 aliphatic carbocycles. The lowest BCUT2D eigenvalue weighted by Gasteiger charge is -2.02. The van der Waals surface area contributed by atoms with Crippen molar-refractivity contribution >= 4 is 17.3 Å². The third-order valence-electron chi connectivity index (χ3n) is 3.49. The summed E-state index contributed by atoms with van der Waals surface area (Å²) in [4.78, 5) is 11.6. The highest BCUT2D eigenvalue weighted by atomic mass is 32.1. The van der Waals surface area contributed by atoms with Gasteiger partial charge in [-0.1, -0.05) is 50.5 Å². The normalized spacial score (nSPS) is 11.1. The summed E-state index contributed by atoms with van der Waals surface area (Å²) < 4.78 is 5.26. The molecule has 0 spiro atoms. The van der Waals surface area contributed by atoms with Gasteiger partial charge in [0.2, 0.25) is 0 Å². The van der Waals surface area contributed by atoms with Gasteiger partial charge in [0.15, 0.2) is 0 Å². The van der Waals surface area contributed by atoms with E-state index in [2.05, 4.69) is 24.0 Å². The second-order valence-electron chi connectivity index (χ2n) is 5.59. The SMILES string of the molecule is CCCC=CC(=O)Oc1ccc(-c2nnc(CCCCC)s2)cc1. The number of carbonyl (C=O) groups is 1. The van der Waals surface area contributed by atoms with Gasteiger partial charge in [-0.3, -0.25) is 0 Å². The average Bonchev–Trinajstić information content (AvgIpc) is 3.05. The smallest absolute Gasteiger partial charge is 0.335 e. The molecule has 24 heavy (non-hydrogen) atoms.